The van der Waals surface area contributed by atoms with Gasteiger partial charge in [-0.3, -0.25) is 9.59 Å². The fraction of sp³-hybridized carbons (Fsp3) is 0.273. The monoisotopic (exact) mass is 460 g/mol. The third kappa shape index (κ3) is 7.27. The van der Waals surface area contributed by atoms with Gasteiger partial charge in [0.05, 0.1) is 19.8 Å². The molecule has 29 heavy (non-hydrogen) atoms. The summed E-state index contributed by atoms with van der Waals surface area (Å²) in [7, 11) is 1.56. The second kappa shape index (κ2) is 10.7. The normalized spacial score (nSPS) is 10.8. The van der Waals surface area contributed by atoms with Crippen molar-refractivity contribution in [3.63, 3.8) is 0 Å². The molecule has 0 aliphatic carbocycles. The van der Waals surface area contributed by atoms with E-state index in [0.29, 0.717) is 17.2 Å². The van der Waals surface area contributed by atoms with Crippen LogP contribution in [0.25, 0.3) is 6.08 Å². The number of hydrogen-bond donors (Lipinski definition) is 2. The van der Waals surface area contributed by atoms with Crippen molar-refractivity contribution in [3.05, 3.63) is 58.1 Å². The fourth-order valence-electron chi connectivity index (χ4n) is 2.50. The summed E-state index contributed by atoms with van der Waals surface area (Å²) >= 11 is 3.38. The molecule has 2 N–H and O–H groups in total. The maximum atomic E-state index is 12.0. The van der Waals surface area contributed by atoms with Crippen LogP contribution in [0.2, 0.25) is 0 Å². The minimum Gasteiger partial charge on any atom is -0.493 e. The van der Waals surface area contributed by atoms with Gasteiger partial charge in [-0.2, -0.15) is 0 Å². The van der Waals surface area contributed by atoms with E-state index in [0.717, 1.165) is 15.6 Å². The van der Waals surface area contributed by atoms with Crippen molar-refractivity contribution in [3.8, 4) is 11.5 Å². The summed E-state index contributed by atoms with van der Waals surface area (Å²) in [5, 5.41) is 5.34. The summed E-state index contributed by atoms with van der Waals surface area (Å²) in [5.74, 6) is 0.567. The van der Waals surface area contributed by atoms with Crippen LogP contribution in [0.3, 0.4) is 0 Å². The van der Waals surface area contributed by atoms with Crippen LogP contribution in [0, 0.1) is 6.92 Å². The molecule has 0 saturated carbocycles. The van der Waals surface area contributed by atoms with Crippen molar-refractivity contribution < 1.29 is 19.1 Å². The van der Waals surface area contributed by atoms with E-state index >= 15 is 0 Å². The van der Waals surface area contributed by atoms with Crippen LogP contribution in [0.4, 0.5) is 5.69 Å². The third-order valence-electron chi connectivity index (χ3n) is 3.86. The molecular formula is C22H25BrN2O4. The second-order valence-corrected chi connectivity index (χ2v) is 7.55. The molecule has 0 fully saturated rings. The summed E-state index contributed by atoms with van der Waals surface area (Å²) in [4.78, 5) is 24.1. The first-order chi connectivity index (χ1) is 13.8. The molecular weight excluding hydrogens is 436 g/mol. The van der Waals surface area contributed by atoms with Crippen LogP contribution in [-0.4, -0.2) is 31.6 Å². The van der Waals surface area contributed by atoms with Crippen LogP contribution in [0.15, 0.2) is 46.9 Å². The molecule has 0 radical (unpaired) electrons. The Bertz CT molecular complexity index is 910. The lowest BCUT2D eigenvalue weighted by molar-refractivity contribution is -0.121. The van der Waals surface area contributed by atoms with Crippen molar-refractivity contribution in [2.24, 2.45) is 0 Å². The highest BCUT2D eigenvalue weighted by molar-refractivity contribution is 9.10. The van der Waals surface area contributed by atoms with Crippen molar-refractivity contribution in [2.75, 3.05) is 19.0 Å². The number of nitrogens with one attached hydrogen (secondary N) is 2. The van der Waals surface area contributed by atoms with Gasteiger partial charge in [-0.05, 0) is 68.3 Å². The Balaban J connectivity index is 1.89. The van der Waals surface area contributed by atoms with E-state index in [9.17, 15) is 9.59 Å². The molecule has 0 heterocycles. The van der Waals surface area contributed by atoms with E-state index < -0.39 is 0 Å². The van der Waals surface area contributed by atoms with Crippen LogP contribution in [-0.2, 0) is 9.59 Å². The summed E-state index contributed by atoms with van der Waals surface area (Å²) in [5.41, 5.74) is 2.42. The Hall–Kier alpha value is -2.80. The lowest BCUT2D eigenvalue weighted by Crippen LogP contribution is -2.31. The number of carbonyl (C=O) groups is 2. The van der Waals surface area contributed by atoms with E-state index in [1.807, 2.05) is 39.0 Å². The van der Waals surface area contributed by atoms with E-state index in [1.54, 1.807) is 31.4 Å². The minimum absolute atomic E-state index is 0.0309. The van der Waals surface area contributed by atoms with Gasteiger partial charge in [0.25, 0.3) is 0 Å². The number of hydrogen-bond acceptors (Lipinski definition) is 4. The molecule has 0 unspecified atom stereocenters. The number of aryl methyl sites for hydroxylation is 1. The van der Waals surface area contributed by atoms with Gasteiger partial charge in [-0.1, -0.05) is 22.0 Å². The first kappa shape index (κ1) is 22.5. The number of anilines is 1. The molecule has 0 bridgehead atoms. The molecule has 7 heteroatoms. The van der Waals surface area contributed by atoms with Crippen molar-refractivity contribution in [2.45, 2.75) is 26.9 Å². The molecule has 2 aromatic carbocycles. The van der Waals surface area contributed by atoms with E-state index in [4.69, 9.17) is 9.47 Å². The van der Waals surface area contributed by atoms with Crippen molar-refractivity contribution >= 4 is 39.5 Å². The highest BCUT2D eigenvalue weighted by atomic mass is 79.9. The van der Waals surface area contributed by atoms with Gasteiger partial charge < -0.3 is 20.1 Å². The molecule has 2 aromatic rings. The minimum atomic E-state index is -0.367. The van der Waals surface area contributed by atoms with Gasteiger partial charge in [0.15, 0.2) is 11.5 Å². The standard InChI is InChI=1S/C22H25BrN2O4/c1-14(2)29-19-9-5-16(12-20(19)28-4)6-10-21(26)24-13-22(27)25-18-8-7-17(23)11-15(18)3/h5-12,14H,13H2,1-4H3,(H,24,26)(H,25,27)/b10-6+. The van der Waals surface area contributed by atoms with E-state index in [-0.39, 0.29) is 24.5 Å². The smallest absolute Gasteiger partial charge is 0.244 e. The number of ether oxygens (including phenoxy) is 2. The summed E-state index contributed by atoms with van der Waals surface area (Å²) in [6.07, 6.45) is 3.05. The number of rotatable bonds is 8. The van der Waals surface area contributed by atoms with Crippen LogP contribution < -0.4 is 20.1 Å². The van der Waals surface area contributed by atoms with Crippen molar-refractivity contribution in [1.82, 2.24) is 5.32 Å². The maximum Gasteiger partial charge on any atom is 0.244 e. The molecule has 154 valence electrons. The molecule has 6 nitrogen and oxygen atoms in total. The van der Waals surface area contributed by atoms with E-state index in [1.165, 1.54) is 6.08 Å². The Labute approximate surface area is 179 Å². The molecule has 0 aliphatic rings. The lowest BCUT2D eigenvalue weighted by atomic mass is 10.2. The largest absolute Gasteiger partial charge is 0.493 e. The van der Waals surface area contributed by atoms with Crippen LogP contribution in [0.1, 0.15) is 25.0 Å². The fourth-order valence-corrected chi connectivity index (χ4v) is 2.97. The first-order valence-electron chi connectivity index (χ1n) is 9.15. The first-order valence-corrected chi connectivity index (χ1v) is 9.94. The second-order valence-electron chi connectivity index (χ2n) is 6.64. The zero-order valence-electron chi connectivity index (χ0n) is 16.9. The predicted molar refractivity (Wildman–Crippen MR) is 118 cm³/mol. The SMILES string of the molecule is COc1cc(/C=C/C(=O)NCC(=O)Nc2ccc(Br)cc2C)ccc1OC(C)C. The molecule has 0 spiro atoms. The molecule has 0 aromatic heterocycles. The Morgan fingerprint density at radius 2 is 1.90 bits per heavy atom. The van der Waals surface area contributed by atoms with Gasteiger partial charge in [-0.25, -0.2) is 0 Å². The van der Waals surface area contributed by atoms with Crippen LogP contribution in [0.5, 0.6) is 11.5 Å². The average Bonchev–Trinajstić information content (AvgIpc) is 2.67. The molecule has 0 atom stereocenters. The Morgan fingerprint density at radius 1 is 1.14 bits per heavy atom. The predicted octanol–water partition coefficient (Wildman–Crippen LogP) is 4.32. The topological polar surface area (TPSA) is 76.7 Å². The van der Waals surface area contributed by atoms with Gasteiger partial charge in [-0.15, -0.1) is 0 Å². The maximum absolute atomic E-state index is 12.0. The average molecular weight is 461 g/mol. The van der Waals surface area contributed by atoms with Crippen LogP contribution >= 0.6 is 15.9 Å². The van der Waals surface area contributed by atoms with Crippen molar-refractivity contribution in [1.29, 1.82) is 0 Å². The van der Waals surface area contributed by atoms with Gasteiger partial charge in [0.1, 0.15) is 0 Å². The molecule has 0 saturated heterocycles. The highest BCUT2D eigenvalue weighted by Gasteiger charge is 2.08. The number of methoxy groups -OCH3 is 1. The summed E-state index contributed by atoms with van der Waals surface area (Å²) in [6, 6.07) is 11.0. The Kier molecular flexibility index (Phi) is 8.27. The third-order valence-corrected chi connectivity index (χ3v) is 4.36. The Morgan fingerprint density at radius 3 is 2.55 bits per heavy atom. The lowest BCUT2D eigenvalue weighted by Gasteiger charge is -2.13. The van der Waals surface area contributed by atoms with E-state index in [2.05, 4.69) is 26.6 Å². The number of halogens is 1. The van der Waals surface area contributed by atoms with Gasteiger partial charge >= 0.3 is 0 Å². The number of amides is 2. The van der Waals surface area contributed by atoms with Gasteiger partial charge in [0, 0.05) is 16.2 Å². The highest BCUT2D eigenvalue weighted by Crippen LogP contribution is 2.29. The number of carbonyl (C=O) groups excluding carboxylic acids is 2. The molecule has 2 rings (SSSR count). The molecule has 0 aliphatic heterocycles. The summed E-state index contributed by atoms with van der Waals surface area (Å²) in [6.45, 7) is 5.65. The number of benzene rings is 2. The quantitative estimate of drug-likeness (QED) is 0.575. The van der Waals surface area contributed by atoms with Gasteiger partial charge in [0.2, 0.25) is 11.8 Å². The summed E-state index contributed by atoms with van der Waals surface area (Å²) < 4.78 is 11.9. The zero-order chi connectivity index (χ0) is 21.4. The zero-order valence-corrected chi connectivity index (χ0v) is 18.5. The molecule has 2 amide bonds.